The summed E-state index contributed by atoms with van der Waals surface area (Å²) < 4.78 is 35.5. The van der Waals surface area contributed by atoms with Crippen LogP contribution in [-0.2, 0) is 21.8 Å². The number of benzene rings is 1. The van der Waals surface area contributed by atoms with Gasteiger partial charge in [-0.25, -0.2) is 8.42 Å². The Hall–Kier alpha value is -1.70. The fourth-order valence-corrected chi connectivity index (χ4v) is 5.20. The van der Waals surface area contributed by atoms with Gasteiger partial charge in [0.2, 0.25) is 10.0 Å². The zero-order chi connectivity index (χ0) is 17.5. The molecule has 0 unspecified atom stereocenters. The topological polar surface area (TPSA) is 64.4 Å². The summed E-state index contributed by atoms with van der Waals surface area (Å²) in [5, 5.41) is 4.25. The highest BCUT2D eigenvalue weighted by Gasteiger charge is 2.38. The zero-order valence-corrected chi connectivity index (χ0v) is 15.2. The van der Waals surface area contributed by atoms with E-state index in [2.05, 4.69) is 5.10 Å². The predicted molar refractivity (Wildman–Crippen MR) is 91.2 cm³/mol. The molecule has 0 N–H and O–H groups in total. The molecule has 1 aliphatic heterocycles. The lowest BCUT2D eigenvalue weighted by Crippen LogP contribution is -2.48. The molecule has 7 heteroatoms. The molecule has 1 fully saturated rings. The van der Waals surface area contributed by atoms with Crippen LogP contribution in [0, 0.1) is 13.8 Å². The lowest BCUT2D eigenvalue weighted by Gasteiger charge is -2.37. The SMILES string of the molecule is Cc1nn(C)c(C)c1S(=O)(=O)N1C[C@H](c2ccccc2)OC[C@@H]1C. The molecule has 0 amide bonds. The minimum Gasteiger partial charge on any atom is -0.370 e. The number of sulfonamides is 1. The van der Waals surface area contributed by atoms with Crippen molar-refractivity contribution in [1.82, 2.24) is 14.1 Å². The lowest BCUT2D eigenvalue weighted by atomic mass is 10.1. The van der Waals surface area contributed by atoms with E-state index in [1.165, 1.54) is 0 Å². The summed E-state index contributed by atoms with van der Waals surface area (Å²) in [6.07, 6.45) is -0.255. The maximum atomic E-state index is 13.2. The normalized spacial score (nSPS) is 22.7. The second-order valence-electron chi connectivity index (χ2n) is 6.28. The van der Waals surface area contributed by atoms with Gasteiger partial charge in [0, 0.05) is 19.6 Å². The Bertz CT molecular complexity index is 830. The number of hydrogen-bond donors (Lipinski definition) is 0. The van der Waals surface area contributed by atoms with Crippen molar-refractivity contribution < 1.29 is 13.2 Å². The first kappa shape index (κ1) is 17.1. The first-order chi connectivity index (χ1) is 11.3. The molecule has 0 bridgehead atoms. The molecule has 0 saturated carbocycles. The average Bonchev–Trinajstić information content (AvgIpc) is 2.81. The molecule has 2 heterocycles. The standard InChI is InChI=1S/C17H23N3O3S/c1-12-11-23-16(15-8-6-5-7-9-15)10-20(12)24(21,22)17-13(2)18-19(4)14(17)3/h5-9,12,16H,10-11H2,1-4H3/t12-,16+/m0/s1. The minimum absolute atomic E-state index is 0.214. The largest absolute Gasteiger partial charge is 0.370 e. The van der Waals surface area contributed by atoms with Gasteiger partial charge in [-0.2, -0.15) is 9.40 Å². The van der Waals surface area contributed by atoms with Crippen LogP contribution in [0.25, 0.3) is 0 Å². The monoisotopic (exact) mass is 349 g/mol. The van der Waals surface area contributed by atoms with Crippen LogP contribution in [0.5, 0.6) is 0 Å². The van der Waals surface area contributed by atoms with Gasteiger partial charge in [-0.15, -0.1) is 0 Å². The molecule has 1 aromatic carbocycles. The molecule has 0 radical (unpaired) electrons. The van der Waals surface area contributed by atoms with E-state index in [0.717, 1.165) is 5.56 Å². The summed E-state index contributed by atoms with van der Waals surface area (Å²) >= 11 is 0. The van der Waals surface area contributed by atoms with Crippen LogP contribution >= 0.6 is 0 Å². The Morgan fingerprint density at radius 3 is 2.46 bits per heavy atom. The van der Waals surface area contributed by atoms with Gasteiger partial charge in [-0.3, -0.25) is 4.68 Å². The molecular weight excluding hydrogens is 326 g/mol. The summed E-state index contributed by atoms with van der Waals surface area (Å²) in [5.74, 6) is 0. The second kappa shape index (κ2) is 6.31. The number of aryl methyl sites for hydroxylation is 2. The van der Waals surface area contributed by atoms with Gasteiger partial charge >= 0.3 is 0 Å². The van der Waals surface area contributed by atoms with Crippen molar-refractivity contribution in [1.29, 1.82) is 0 Å². The lowest BCUT2D eigenvalue weighted by molar-refractivity contribution is -0.0288. The van der Waals surface area contributed by atoms with Gasteiger partial charge < -0.3 is 4.74 Å². The molecule has 3 rings (SSSR count). The Morgan fingerprint density at radius 2 is 1.88 bits per heavy atom. The van der Waals surface area contributed by atoms with Gasteiger partial charge in [-0.1, -0.05) is 30.3 Å². The van der Waals surface area contributed by atoms with Gasteiger partial charge in [-0.05, 0) is 26.3 Å². The fourth-order valence-electron chi connectivity index (χ4n) is 3.18. The van der Waals surface area contributed by atoms with E-state index in [1.807, 2.05) is 37.3 Å². The summed E-state index contributed by atoms with van der Waals surface area (Å²) in [5.41, 5.74) is 2.18. The number of morpholine rings is 1. The van der Waals surface area contributed by atoms with Crippen LogP contribution in [0.1, 0.15) is 30.0 Å². The Balaban J connectivity index is 1.97. The third-order valence-electron chi connectivity index (χ3n) is 4.56. The number of hydrogen-bond acceptors (Lipinski definition) is 4. The van der Waals surface area contributed by atoms with Crippen molar-refractivity contribution in [2.45, 2.75) is 37.8 Å². The molecule has 2 atom stereocenters. The van der Waals surface area contributed by atoms with Crippen molar-refractivity contribution >= 4 is 10.0 Å². The number of aromatic nitrogens is 2. The molecule has 1 aliphatic rings. The molecule has 6 nitrogen and oxygen atoms in total. The van der Waals surface area contributed by atoms with E-state index in [9.17, 15) is 8.42 Å². The smallest absolute Gasteiger partial charge is 0.247 e. The molecule has 1 saturated heterocycles. The maximum absolute atomic E-state index is 13.2. The van der Waals surface area contributed by atoms with Crippen LogP contribution in [0.2, 0.25) is 0 Å². The van der Waals surface area contributed by atoms with E-state index in [4.69, 9.17) is 4.74 Å². The molecule has 1 aromatic heterocycles. The zero-order valence-electron chi connectivity index (χ0n) is 14.4. The molecule has 130 valence electrons. The quantitative estimate of drug-likeness (QED) is 0.852. The van der Waals surface area contributed by atoms with Crippen LogP contribution < -0.4 is 0 Å². The number of rotatable bonds is 3. The minimum atomic E-state index is -3.62. The molecule has 2 aromatic rings. The highest BCUT2D eigenvalue weighted by atomic mass is 32.2. The van der Waals surface area contributed by atoms with Crippen molar-refractivity contribution in [2.24, 2.45) is 7.05 Å². The number of nitrogens with zero attached hydrogens (tertiary/aromatic N) is 3. The summed E-state index contributed by atoms with van der Waals surface area (Å²) in [6.45, 7) is 6.07. The van der Waals surface area contributed by atoms with Crippen LogP contribution in [0.3, 0.4) is 0 Å². The van der Waals surface area contributed by atoms with Crippen LogP contribution in [-0.4, -0.2) is 41.7 Å². The van der Waals surface area contributed by atoms with Crippen molar-refractivity contribution in [3.63, 3.8) is 0 Å². The fraction of sp³-hybridized carbons (Fsp3) is 0.471. The second-order valence-corrected chi connectivity index (χ2v) is 8.11. The first-order valence-corrected chi connectivity index (χ1v) is 9.45. The van der Waals surface area contributed by atoms with Crippen LogP contribution in [0.15, 0.2) is 35.2 Å². The average molecular weight is 349 g/mol. The highest BCUT2D eigenvalue weighted by molar-refractivity contribution is 7.89. The Kier molecular flexibility index (Phi) is 4.50. The van der Waals surface area contributed by atoms with E-state index >= 15 is 0 Å². The molecule has 0 aliphatic carbocycles. The summed E-state index contributed by atoms with van der Waals surface area (Å²) in [7, 11) is -1.86. The van der Waals surface area contributed by atoms with E-state index in [1.54, 1.807) is 29.9 Å². The summed E-state index contributed by atoms with van der Waals surface area (Å²) in [6, 6.07) is 9.52. The van der Waals surface area contributed by atoms with Gasteiger partial charge in [0.05, 0.1) is 24.1 Å². The van der Waals surface area contributed by atoms with Crippen molar-refractivity contribution in [3.05, 3.63) is 47.3 Å². The van der Waals surface area contributed by atoms with Gasteiger partial charge in [0.25, 0.3) is 0 Å². The van der Waals surface area contributed by atoms with Gasteiger partial charge in [0.15, 0.2) is 0 Å². The maximum Gasteiger partial charge on any atom is 0.247 e. The third kappa shape index (κ3) is 2.87. The molecular formula is C17H23N3O3S. The van der Waals surface area contributed by atoms with Crippen molar-refractivity contribution in [3.8, 4) is 0 Å². The number of ether oxygens (including phenoxy) is 1. The van der Waals surface area contributed by atoms with E-state index < -0.39 is 10.0 Å². The summed E-state index contributed by atoms with van der Waals surface area (Å²) in [4.78, 5) is 0.311. The highest BCUT2D eigenvalue weighted by Crippen LogP contribution is 2.31. The predicted octanol–water partition coefficient (Wildman–Crippen LogP) is 2.19. The molecule has 24 heavy (non-hydrogen) atoms. The van der Waals surface area contributed by atoms with Gasteiger partial charge in [0.1, 0.15) is 4.90 Å². The first-order valence-electron chi connectivity index (χ1n) is 8.01. The van der Waals surface area contributed by atoms with E-state index in [-0.39, 0.29) is 12.1 Å². The van der Waals surface area contributed by atoms with E-state index in [0.29, 0.717) is 29.4 Å². The Morgan fingerprint density at radius 1 is 1.21 bits per heavy atom. The third-order valence-corrected chi connectivity index (χ3v) is 6.79. The van der Waals surface area contributed by atoms with Crippen molar-refractivity contribution in [2.75, 3.05) is 13.2 Å². The van der Waals surface area contributed by atoms with Crippen LogP contribution in [0.4, 0.5) is 0 Å². The molecule has 0 spiro atoms. The Labute approximate surface area is 143 Å².